The Morgan fingerprint density at radius 1 is 0.840 bits per heavy atom. The van der Waals surface area contributed by atoms with E-state index in [0.717, 1.165) is 24.2 Å². The van der Waals surface area contributed by atoms with Crippen molar-refractivity contribution < 1.29 is 10.9 Å². The number of hydrogen-bond acceptors (Lipinski definition) is 4. The summed E-state index contributed by atoms with van der Waals surface area (Å²) >= 11 is 6.00. The summed E-state index contributed by atoms with van der Waals surface area (Å²) in [6, 6.07) is 12.2. The van der Waals surface area contributed by atoms with Gasteiger partial charge >= 0.3 is 39.3 Å². The van der Waals surface area contributed by atoms with Gasteiger partial charge in [0.05, 0.1) is 23.5 Å². The Hall–Kier alpha value is -0.906. The summed E-state index contributed by atoms with van der Waals surface area (Å²) in [5, 5.41) is 0. The van der Waals surface area contributed by atoms with Crippen LogP contribution in [-0.4, -0.2) is 34.5 Å². The van der Waals surface area contributed by atoms with Crippen molar-refractivity contribution in [3.05, 3.63) is 60.2 Å². The third-order valence-electron chi connectivity index (χ3n) is 3.87. The van der Waals surface area contributed by atoms with Crippen LogP contribution in [0.15, 0.2) is 58.8 Å². The molecule has 0 bridgehead atoms. The van der Waals surface area contributed by atoms with E-state index in [2.05, 4.69) is 38.4 Å². The van der Waals surface area contributed by atoms with Gasteiger partial charge in [-0.1, -0.05) is 25.0 Å². The van der Waals surface area contributed by atoms with Crippen LogP contribution in [0.3, 0.4) is 0 Å². The Balaban J connectivity index is 0.000000701. The normalized spacial score (nSPS) is 20.6. The molecule has 1 saturated carbocycles. The molecule has 1 aliphatic rings. The van der Waals surface area contributed by atoms with E-state index in [-0.39, 0.29) is 12.1 Å². The summed E-state index contributed by atoms with van der Waals surface area (Å²) in [4.78, 5) is 18.0. The average Bonchev–Trinajstić information content (AvgIpc) is 2.68. The van der Waals surface area contributed by atoms with Crippen LogP contribution in [0.25, 0.3) is 0 Å². The molecule has 4 nitrogen and oxygen atoms in total. The molecule has 0 N–H and O–H groups in total. The first-order valence-corrected chi connectivity index (χ1v) is 12.9. The van der Waals surface area contributed by atoms with Crippen molar-refractivity contribution in [3.63, 3.8) is 0 Å². The van der Waals surface area contributed by atoms with Crippen molar-refractivity contribution in [3.8, 4) is 0 Å². The van der Waals surface area contributed by atoms with Gasteiger partial charge in [0.2, 0.25) is 0 Å². The van der Waals surface area contributed by atoms with Gasteiger partial charge in [0.25, 0.3) is 0 Å². The van der Waals surface area contributed by atoms with Crippen LogP contribution in [0.2, 0.25) is 0 Å². The van der Waals surface area contributed by atoms with E-state index in [1.165, 1.54) is 23.7 Å². The van der Waals surface area contributed by atoms with Gasteiger partial charge in [0.15, 0.2) is 0 Å². The molecule has 0 spiro atoms. The third kappa shape index (κ3) is 7.89. The van der Waals surface area contributed by atoms with E-state index in [4.69, 9.17) is 9.98 Å². The molecule has 1 fully saturated rings. The summed E-state index contributed by atoms with van der Waals surface area (Å²) in [5.74, 6) is 0. The van der Waals surface area contributed by atoms with Gasteiger partial charge in [-0.3, -0.25) is 20.0 Å². The van der Waals surface area contributed by atoms with Gasteiger partial charge in [0, 0.05) is 24.8 Å². The number of aliphatic imine (C=N–C) groups is 2. The first-order chi connectivity index (χ1) is 12.3. The molecule has 2 heterocycles. The Labute approximate surface area is 169 Å². The zero-order chi connectivity index (χ0) is 17.7. The Morgan fingerprint density at radius 3 is 1.64 bits per heavy atom. The van der Waals surface area contributed by atoms with Gasteiger partial charge in [-0.25, -0.2) is 0 Å². The molecule has 0 saturated heterocycles. The van der Waals surface area contributed by atoms with Crippen LogP contribution >= 0.6 is 28.5 Å². The van der Waals surface area contributed by atoms with E-state index in [9.17, 15) is 0 Å². The van der Waals surface area contributed by atoms with Crippen LogP contribution in [0.1, 0.15) is 37.1 Å². The van der Waals surface area contributed by atoms with Crippen molar-refractivity contribution in [1.29, 1.82) is 0 Å². The molecule has 0 aromatic carbocycles. The topological polar surface area (TPSA) is 50.5 Å². The van der Waals surface area contributed by atoms with E-state index in [1.807, 2.05) is 48.8 Å². The number of aromatic nitrogens is 2. The summed E-state index contributed by atoms with van der Waals surface area (Å²) in [6.45, 7) is 0. The van der Waals surface area contributed by atoms with Crippen LogP contribution in [0.5, 0.6) is 0 Å². The molecule has 2 aromatic rings. The molecule has 3 rings (SSSR count). The zero-order valence-electron chi connectivity index (χ0n) is 13.6. The molecule has 7 heteroatoms. The number of rotatable bonds is 4. The summed E-state index contributed by atoms with van der Waals surface area (Å²) in [6.07, 6.45) is 12.0. The fourth-order valence-corrected chi connectivity index (χ4v) is 2.69. The van der Waals surface area contributed by atoms with Crippen molar-refractivity contribution in [2.75, 3.05) is 0 Å². The second-order valence-corrected chi connectivity index (χ2v) is 10.5. The molecular formula is C18H20Br2N4Ni. The second-order valence-electron chi connectivity index (χ2n) is 5.53. The van der Waals surface area contributed by atoms with Crippen molar-refractivity contribution >= 4 is 40.9 Å². The molecule has 2 aromatic heterocycles. The minimum absolute atomic E-state index is 0.246. The van der Waals surface area contributed by atoms with Crippen LogP contribution < -0.4 is 0 Å². The molecule has 1 aliphatic carbocycles. The number of nitrogens with zero attached hydrogens (tertiary/aromatic N) is 4. The van der Waals surface area contributed by atoms with E-state index in [1.54, 1.807) is 12.4 Å². The first kappa shape index (κ1) is 20.4. The Morgan fingerprint density at radius 2 is 1.28 bits per heavy atom. The number of pyridine rings is 2. The Kier molecular flexibility index (Phi) is 10.2. The SMILES string of the molecule is C(=N[C@@H]1CCCC[C@H]1N=Cc1ccccn1)c1ccccn1.[Br][Ni][Br]. The predicted molar refractivity (Wildman–Crippen MR) is 108 cm³/mol. The maximum absolute atomic E-state index is 4.73. The fraction of sp³-hybridized carbons (Fsp3) is 0.333. The van der Waals surface area contributed by atoms with E-state index < -0.39 is 0 Å². The van der Waals surface area contributed by atoms with Crippen molar-refractivity contribution in [1.82, 2.24) is 9.97 Å². The maximum atomic E-state index is 4.73. The van der Waals surface area contributed by atoms with E-state index >= 15 is 0 Å². The summed E-state index contributed by atoms with van der Waals surface area (Å²) in [5.41, 5.74) is 1.81. The van der Waals surface area contributed by atoms with Gasteiger partial charge in [-0.15, -0.1) is 0 Å². The van der Waals surface area contributed by atoms with Crippen LogP contribution in [0, 0.1) is 0 Å². The third-order valence-corrected chi connectivity index (χ3v) is 3.87. The Bertz CT molecular complexity index is 595. The summed E-state index contributed by atoms with van der Waals surface area (Å²) in [7, 11) is 1.25. The zero-order valence-corrected chi connectivity index (χ0v) is 17.8. The molecule has 25 heavy (non-hydrogen) atoms. The molecule has 0 aliphatic heterocycles. The van der Waals surface area contributed by atoms with Crippen LogP contribution in [-0.2, 0) is 10.9 Å². The first-order valence-electron chi connectivity index (χ1n) is 8.04. The molecule has 0 amide bonds. The second kappa shape index (κ2) is 12.4. The monoisotopic (exact) mass is 508 g/mol. The standard InChI is InChI=1S/C18H20N4.2BrH.Ni/c1-2-10-18(22-14-16-8-4-6-12-20-16)17(9-1)21-13-15-7-3-5-11-19-15;;;/h3-8,11-14,17-18H,1-2,9-10H2;2*1H;/q;;;+2/p-2/t17-,18-;;;/m1.../s1. The summed E-state index contributed by atoms with van der Waals surface area (Å²) < 4.78 is 0. The van der Waals surface area contributed by atoms with Crippen LogP contribution in [0.4, 0.5) is 0 Å². The number of hydrogen-bond donors (Lipinski definition) is 0. The van der Waals surface area contributed by atoms with Gasteiger partial charge in [0.1, 0.15) is 0 Å². The molecule has 136 valence electrons. The van der Waals surface area contributed by atoms with Crippen molar-refractivity contribution in [2.24, 2.45) is 9.98 Å². The number of halogens is 2. The molecule has 0 unspecified atom stereocenters. The van der Waals surface area contributed by atoms with Gasteiger partial charge < -0.3 is 0 Å². The minimum atomic E-state index is 0.246. The fourth-order valence-electron chi connectivity index (χ4n) is 2.69. The van der Waals surface area contributed by atoms with Gasteiger partial charge in [-0.05, 0) is 37.1 Å². The molecular weight excluding hydrogens is 491 g/mol. The quantitative estimate of drug-likeness (QED) is 0.429. The van der Waals surface area contributed by atoms with Crippen molar-refractivity contribution in [2.45, 2.75) is 37.8 Å². The predicted octanol–water partition coefficient (Wildman–Crippen LogP) is 5.01. The molecule has 0 radical (unpaired) electrons. The van der Waals surface area contributed by atoms with E-state index in [0.29, 0.717) is 0 Å². The molecule has 2 atom stereocenters. The average molecular weight is 511 g/mol. The van der Waals surface area contributed by atoms with Gasteiger partial charge in [-0.2, -0.15) is 0 Å².